The van der Waals surface area contributed by atoms with Crippen LogP contribution in [-0.4, -0.2) is 33.3 Å². The minimum absolute atomic E-state index is 0.0649. The van der Waals surface area contributed by atoms with E-state index in [1.165, 1.54) is 12.1 Å². The Morgan fingerprint density at radius 1 is 1.45 bits per heavy atom. The fourth-order valence-electron chi connectivity index (χ4n) is 2.08. The van der Waals surface area contributed by atoms with Gasteiger partial charge in [0.15, 0.2) is 0 Å². The number of nitrogens with one attached hydrogen (secondary N) is 2. The van der Waals surface area contributed by atoms with Crippen LogP contribution in [0.15, 0.2) is 43.0 Å². The van der Waals surface area contributed by atoms with E-state index in [0.717, 1.165) is 0 Å². The first-order valence-corrected chi connectivity index (χ1v) is 6.99. The van der Waals surface area contributed by atoms with Gasteiger partial charge < -0.3 is 20.3 Å². The Kier molecular flexibility index (Phi) is 5.48. The lowest BCUT2D eigenvalue weighted by Gasteiger charge is -2.17. The van der Waals surface area contributed by atoms with Crippen LogP contribution in [-0.2, 0) is 6.54 Å². The molecule has 1 aromatic heterocycles. The lowest BCUT2D eigenvalue weighted by Crippen LogP contribution is -2.43. The van der Waals surface area contributed by atoms with Gasteiger partial charge in [-0.25, -0.2) is 14.2 Å². The smallest absolute Gasteiger partial charge is 0.315 e. The number of urea groups is 1. The predicted molar refractivity (Wildman–Crippen MR) is 79.6 cm³/mol. The number of nitrogens with zero attached hydrogens (tertiary/aromatic N) is 2. The summed E-state index contributed by atoms with van der Waals surface area (Å²) in [5.41, 5.74) is 0.161. The molecule has 0 spiro atoms. The molecule has 3 N–H and O–H groups in total. The fraction of sp³-hybridized carbons (Fsp3) is 0.333. The maximum atomic E-state index is 13.5. The Labute approximate surface area is 128 Å². The number of halogens is 1. The first-order valence-electron chi connectivity index (χ1n) is 6.99. The van der Waals surface area contributed by atoms with Gasteiger partial charge >= 0.3 is 6.03 Å². The molecule has 0 aliphatic carbocycles. The minimum Gasteiger partial charge on any atom is -0.386 e. The molecule has 0 fully saturated rings. The highest BCUT2D eigenvalue weighted by Gasteiger charge is 2.14. The van der Waals surface area contributed by atoms with Crippen LogP contribution < -0.4 is 10.6 Å². The largest absolute Gasteiger partial charge is 0.386 e. The van der Waals surface area contributed by atoms with Crippen molar-refractivity contribution in [2.45, 2.75) is 25.6 Å². The molecule has 7 heteroatoms. The number of aliphatic hydroxyl groups excluding tert-OH is 1. The molecule has 0 radical (unpaired) electrons. The van der Waals surface area contributed by atoms with E-state index in [1.54, 1.807) is 30.9 Å². The molecule has 0 saturated heterocycles. The van der Waals surface area contributed by atoms with Crippen molar-refractivity contribution in [1.29, 1.82) is 0 Å². The molecule has 2 rings (SSSR count). The van der Waals surface area contributed by atoms with Crippen LogP contribution in [0.4, 0.5) is 9.18 Å². The van der Waals surface area contributed by atoms with E-state index in [-0.39, 0.29) is 18.2 Å². The minimum atomic E-state index is -1.09. The van der Waals surface area contributed by atoms with Crippen molar-refractivity contribution >= 4 is 6.03 Å². The summed E-state index contributed by atoms with van der Waals surface area (Å²) in [7, 11) is 0. The zero-order valence-electron chi connectivity index (χ0n) is 12.2. The van der Waals surface area contributed by atoms with Crippen LogP contribution in [0, 0.1) is 5.82 Å². The molecular formula is C15H19FN4O2. The van der Waals surface area contributed by atoms with Gasteiger partial charge in [0.1, 0.15) is 5.82 Å². The number of carbonyl (C=O) groups is 1. The molecule has 2 aromatic rings. The maximum absolute atomic E-state index is 13.5. The molecule has 2 atom stereocenters. The summed E-state index contributed by atoms with van der Waals surface area (Å²) in [4.78, 5) is 15.7. The van der Waals surface area contributed by atoms with E-state index in [1.807, 2.05) is 11.5 Å². The summed E-state index contributed by atoms with van der Waals surface area (Å²) in [6.45, 7) is 2.38. The molecule has 0 aliphatic heterocycles. The van der Waals surface area contributed by atoms with E-state index in [2.05, 4.69) is 15.6 Å². The van der Waals surface area contributed by atoms with Crippen LogP contribution in [0.5, 0.6) is 0 Å². The predicted octanol–water partition coefficient (Wildman–Crippen LogP) is 1.44. The van der Waals surface area contributed by atoms with Gasteiger partial charge in [0.25, 0.3) is 0 Å². The summed E-state index contributed by atoms with van der Waals surface area (Å²) in [5.74, 6) is -0.495. The van der Waals surface area contributed by atoms with E-state index >= 15 is 0 Å². The molecule has 2 amide bonds. The third-order valence-electron chi connectivity index (χ3n) is 3.14. The topological polar surface area (TPSA) is 79.2 Å². The van der Waals surface area contributed by atoms with Crippen molar-refractivity contribution in [1.82, 2.24) is 20.2 Å². The molecule has 22 heavy (non-hydrogen) atoms. The molecule has 0 bridgehead atoms. The Bertz CT molecular complexity index is 603. The second kappa shape index (κ2) is 7.56. The zero-order chi connectivity index (χ0) is 15.9. The number of hydrogen-bond acceptors (Lipinski definition) is 3. The Morgan fingerprint density at radius 2 is 2.23 bits per heavy atom. The first-order chi connectivity index (χ1) is 10.6. The number of aliphatic hydroxyl groups is 1. The summed E-state index contributed by atoms with van der Waals surface area (Å²) in [6.07, 6.45) is 4.05. The Morgan fingerprint density at radius 3 is 2.91 bits per heavy atom. The van der Waals surface area contributed by atoms with Gasteiger partial charge in [0, 0.05) is 37.1 Å². The lowest BCUT2D eigenvalue weighted by molar-refractivity contribution is 0.168. The SMILES string of the molecule is C[C@H](Cn1ccnc1)NC(=O)NC[C@H](O)c1ccccc1F. The van der Waals surface area contributed by atoms with Crippen LogP contribution >= 0.6 is 0 Å². The summed E-state index contributed by atoms with van der Waals surface area (Å²) < 4.78 is 15.3. The molecule has 1 aromatic carbocycles. The number of aromatic nitrogens is 2. The molecule has 0 unspecified atom stereocenters. The van der Waals surface area contributed by atoms with Gasteiger partial charge in [-0.3, -0.25) is 0 Å². The van der Waals surface area contributed by atoms with Crippen molar-refractivity contribution in [2.24, 2.45) is 0 Å². The number of amides is 2. The number of rotatable bonds is 6. The van der Waals surface area contributed by atoms with Crippen molar-refractivity contribution in [3.05, 3.63) is 54.4 Å². The summed E-state index contributed by atoms with van der Waals surface area (Å²) >= 11 is 0. The number of benzene rings is 1. The quantitative estimate of drug-likeness (QED) is 0.755. The number of imidazole rings is 1. The molecule has 118 valence electrons. The van der Waals surface area contributed by atoms with Gasteiger partial charge in [-0.2, -0.15) is 0 Å². The average Bonchev–Trinajstić information content (AvgIpc) is 2.98. The second-order valence-corrected chi connectivity index (χ2v) is 5.05. The maximum Gasteiger partial charge on any atom is 0.315 e. The second-order valence-electron chi connectivity index (χ2n) is 5.05. The normalized spacial score (nSPS) is 13.4. The molecule has 0 saturated carbocycles. The monoisotopic (exact) mass is 306 g/mol. The van der Waals surface area contributed by atoms with Crippen molar-refractivity contribution in [3.8, 4) is 0 Å². The molecule has 1 heterocycles. The highest BCUT2D eigenvalue weighted by molar-refractivity contribution is 5.74. The Balaban J connectivity index is 1.76. The molecule has 0 aliphatic rings. The van der Waals surface area contributed by atoms with Crippen LogP contribution in [0.2, 0.25) is 0 Å². The van der Waals surface area contributed by atoms with Gasteiger partial charge in [0.05, 0.1) is 12.4 Å². The van der Waals surface area contributed by atoms with E-state index in [4.69, 9.17) is 0 Å². The summed E-state index contributed by atoms with van der Waals surface area (Å²) in [5, 5.41) is 15.2. The van der Waals surface area contributed by atoms with Crippen molar-refractivity contribution < 1.29 is 14.3 Å². The molecular weight excluding hydrogens is 287 g/mol. The number of carbonyl (C=O) groups excluding carboxylic acids is 1. The van der Waals surface area contributed by atoms with Gasteiger partial charge in [-0.1, -0.05) is 18.2 Å². The highest BCUT2D eigenvalue weighted by Crippen LogP contribution is 2.15. The first kappa shape index (κ1) is 16.0. The van der Waals surface area contributed by atoms with Gasteiger partial charge in [-0.15, -0.1) is 0 Å². The van der Waals surface area contributed by atoms with E-state index in [0.29, 0.717) is 6.54 Å². The third kappa shape index (κ3) is 4.56. The van der Waals surface area contributed by atoms with Crippen LogP contribution in [0.25, 0.3) is 0 Å². The summed E-state index contributed by atoms with van der Waals surface area (Å²) in [6, 6.07) is 5.41. The lowest BCUT2D eigenvalue weighted by atomic mass is 10.1. The highest BCUT2D eigenvalue weighted by atomic mass is 19.1. The standard InChI is InChI=1S/C15H19FN4O2/c1-11(9-20-7-6-17-10-20)19-15(22)18-8-14(21)12-4-2-3-5-13(12)16/h2-7,10-11,14,21H,8-9H2,1H3,(H2,18,19,22)/t11-,14+/m1/s1. The number of hydrogen-bond donors (Lipinski definition) is 3. The van der Waals surface area contributed by atoms with Crippen LogP contribution in [0.3, 0.4) is 0 Å². The van der Waals surface area contributed by atoms with E-state index in [9.17, 15) is 14.3 Å². The third-order valence-corrected chi connectivity index (χ3v) is 3.14. The van der Waals surface area contributed by atoms with E-state index < -0.39 is 18.0 Å². The van der Waals surface area contributed by atoms with Crippen molar-refractivity contribution in [2.75, 3.05) is 6.54 Å². The zero-order valence-corrected chi connectivity index (χ0v) is 12.2. The average molecular weight is 306 g/mol. The Hall–Kier alpha value is -2.41. The van der Waals surface area contributed by atoms with Gasteiger partial charge in [0.2, 0.25) is 0 Å². The van der Waals surface area contributed by atoms with Crippen LogP contribution in [0.1, 0.15) is 18.6 Å². The molecule has 6 nitrogen and oxygen atoms in total. The fourth-order valence-corrected chi connectivity index (χ4v) is 2.08. The van der Waals surface area contributed by atoms with Gasteiger partial charge in [-0.05, 0) is 13.0 Å². The van der Waals surface area contributed by atoms with Crippen molar-refractivity contribution in [3.63, 3.8) is 0 Å².